The molecule has 0 bridgehead atoms. The minimum atomic E-state index is 0.793. The first-order valence-corrected chi connectivity index (χ1v) is 4.71. The minimum absolute atomic E-state index is 0.793. The number of anilines is 2. The van der Waals surface area contributed by atoms with Gasteiger partial charge in [-0.15, -0.1) is 0 Å². The van der Waals surface area contributed by atoms with E-state index < -0.39 is 0 Å². The molecular weight excluding hydrogens is 184 g/mol. The Hall–Kier alpha value is -0.970. The van der Waals surface area contributed by atoms with Gasteiger partial charge in [0.15, 0.2) is 0 Å². The number of hydrogen-bond donors (Lipinski definition) is 2. The zero-order chi connectivity index (χ0) is 9.68. The number of nitrogens with zero attached hydrogens (tertiary/aromatic N) is 3. The fourth-order valence-corrected chi connectivity index (χ4v) is 0.984. The SMILES string of the molecule is CN(C)c1cc(NCCS)ncn1. The first-order chi connectivity index (χ1) is 6.24. The molecule has 0 fully saturated rings. The summed E-state index contributed by atoms with van der Waals surface area (Å²) in [5, 5.41) is 3.14. The van der Waals surface area contributed by atoms with Crippen molar-refractivity contribution in [3.05, 3.63) is 12.4 Å². The maximum Gasteiger partial charge on any atom is 0.133 e. The molecule has 1 aromatic heterocycles. The number of aromatic nitrogens is 2. The number of nitrogens with one attached hydrogen (secondary N) is 1. The molecule has 1 aromatic rings. The lowest BCUT2D eigenvalue weighted by atomic mass is 10.5. The highest BCUT2D eigenvalue weighted by Crippen LogP contribution is 2.10. The molecular formula is C8H14N4S. The Kier molecular flexibility index (Phi) is 3.82. The van der Waals surface area contributed by atoms with Crippen LogP contribution in [0, 0.1) is 0 Å². The topological polar surface area (TPSA) is 41.0 Å². The molecule has 0 saturated heterocycles. The molecule has 0 aliphatic heterocycles. The smallest absolute Gasteiger partial charge is 0.133 e. The number of thiol groups is 1. The summed E-state index contributed by atoms with van der Waals surface area (Å²) in [6.45, 7) is 0.812. The van der Waals surface area contributed by atoms with Gasteiger partial charge in [-0.3, -0.25) is 0 Å². The lowest BCUT2D eigenvalue weighted by Gasteiger charge is -2.11. The van der Waals surface area contributed by atoms with Crippen LogP contribution in [0.5, 0.6) is 0 Å². The molecule has 0 radical (unpaired) electrons. The first kappa shape index (κ1) is 10.1. The molecule has 0 atom stereocenters. The van der Waals surface area contributed by atoms with Crippen LogP contribution in [-0.2, 0) is 0 Å². The Bertz CT molecular complexity index is 264. The van der Waals surface area contributed by atoms with E-state index in [2.05, 4.69) is 27.9 Å². The molecule has 5 heteroatoms. The van der Waals surface area contributed by atoms with Crippen molar-refractivity contribution < 1.29 is 0 Å². The highest BCUT2D eigenvalue weighted by molar-refractivity contribution is 7.80. The van der Waals surface area contributed by atoms with Crippen LogP contribution < -0.4 is 10.2 Å². The van der Waals surface area contributed by atoms with E-state index in [1.165, 1.54) is 0 Å². The van der Waals surface area contributed by atoms with Gasteiger partial charge in [-0.1, -0.05) is 0 Å². The summed E-state index contributed by atoms with van der Waals surface area (Å²) in [6, 6.07) is 1.91. The zero-order valence-corrected chi connectivity index (χ0v) is 8.75. The van der Waals surface area contributed by atoms with Crippen molar-refractivity contribution in [2.75, 3.05) is 36.6 Å². The van der Waals surface area contributed by atoms with E-state index in [9.17, 15) is 0 Å². The van der Waals surface area contributed by atoms with Crippen molar-refractivity contribution in [3.8, 4) is 0 Å². The van der Waals surface area contributed by atoms with Gasteiger partial charge in [-0.05, 0) is 0 Å². The van der Waals surface area contributed by atoms with Crippen LogP contribution in [0.25, 0.3) is 0 Å². The Morgan fingerprint density at radius 2 is 2.23 bits per heavy atom. The van der Waals surface area contributed by atoms with Crippen LogP contribution in [-0.4, -0.2) is 36.4 Å². The fourth-order valence-electron chi connectivity index (χ4n) is 0.872. The number of rotatable bonds is 4. The molecule has 1 rings (SSSR count). The van der Waals surface area contributed by atoms with E-state index in [-0.39, 0.29) is 0 Å². The van der Waals surface area contributed by atoms with Crippen LogP contribution in [0.1, 0.15) is 0 Å². The molecule has 0 aromatic carbocycles. The molecule has 1 heterocycles. The third-order valence-corrected chi connectivity index (χ3v) is 1.75. The standard InChI is InChI=1S/C8H14N4S/c1-12(2)8-5-7(9-3-4-13)10-6-11-8/h5-6,13H,3-4H2,1-2H3,(H,9,10,11). The van der Waals surface area contributed by atoms with Crippen molar-refractivity contribution in [2.24, 2.45) is 0 Å². The van der Waals surface area contributed by atoms with Crippen molar-refractivity contribution in [1.82, 2.24) is 9.97 Å². The van der Waals surface area contributed by atoms with Gasteiger partial charge in [0, 0.05) is 32.5 Å². The maximum atomic E-state index is 4.10. The molecule has 0 amide bonds. The minimum Gasteiger partial charge on any atom is -0.369 e. The predicted octanol–water partition coefficient (Wildman–Crippen LogP) is 0.884. The highest BCUT2D eigenvalue weighted by Gasteiger charge is 1.98. The molecule has 0 aliphatic rings. The van der Waals surface area contributed by atoms with Gasteiger partial charge in [0.05, 0.1) is 0 Å². The first-order valence-electron chi connectivity index (χ1n) is 4.08. The molecule has 4 nitrogen and oxygen atoms in total. The summed E-state index contributed by atoms with van der Waals surface area (Å²) < 4.78 is 0. The van der Waals surface area contributed by atoms with Gasteiger partial charge in [0.1, 0.15) is 18.0 Å². The molecule has 0 unspecified atom stereocenters. The van der Waals surface area contributed by atoms with E-state index in [1.54, 1.807) is 6.33 Å². The third kappa shape index (κ3) is 3.10. The molecule has 0 saturated carbocycles. The second-order valence-corrected chi connectivity index (χ2v) is 3.25. The van der Waals surface area contributed by atoms with Gasteiger partial charge in [-0.2, -0.15) is 12.6 Å². The molecule has 0 spiro atoms. The largest absolute Gasteiger partial charge is 0.369 e. The van der Waals surface area contributed by atoms with E-state index >= 15 is 0 Å². The summed E-state index contributed by atoms with van der Waals surface area (Å²) in [7, 11) is 3.90. The molecule has 72 valence electrons. The van der Waals surface area contributed by atoms with E-state index in [1.807, 2.05) is 25.1 Å². The van der Waals surface area contributed by atoms with Crippen molar-refractivity contribution in [2.45, 2.75) is 0 Å². The monoisotopic (exact) mass is 198 g/mol. The highest BCUT2D eigenvalue weighted by atomic mass is 32.1. The Morgan fingerprint density at radius 3 is 2.85 bits per heavy atom. The molecule has 13 heavy (non-hydrogen) atoms. The second-order valence-electron chi connectivity index (χ2n) is 2.81. The van der Waals surface area contributed by atoms with Crippen molar-refractivity contribution >= 4 is 24.3 Å². The zero-order valence-electron chi connectivity index (χ0n) is 7.86. The van der Waals surface area contributed by atoms with Gasteiger partial charge in [-0.25, -0.2) is 9.97 Å². The van der Waals surface area contributed by atoms with Crippen molar-refractivity contribution in [3.63, 3.8) is 0 Å². The predicted molar refractivity (Wildman–Crippen MR) is 58.7 cm³/mol. The van der Waals surface area contributed by atoms with E-state index in [0.717, 1.165) is 23.9 Å². The van der Waals surface area contributed by atoms with Crippen LogP contribution in [0.3, 0.4) is 0 Å². The summed E-state index contributed by atoms with van der Waals surface area (Å²) >= 11 is 4.10. The Balaban J connectivity index is 2.68. The normalized spacial score (nSPS) is 9.77. The average Bonchev–Trinajstić information content (AvgIpc) is 2.15. The Labute approximate surface area is 83.8 Å². The lowest BCUT2D eigenvalue weighted by molar-refractivity contribution is 1.03. The lowest BCUT2D eigenvalue weighted by Crippen LogP contribution is -2.12. The van der Waals surface area contributed by atoms with Crippen molar-refractivity contribution in [1.29, 1.82) is 0 Å². The fraction of sp³-hybridized carbons (Fsp3) is 0.500. The molecule has 1 N–H and O–H groups in total. The van der Waals surface area contributed by atoms with Crippen LogP contribution in [0.4, 0.5) is 11.6 Å². The van der Waals surface area contributed by atoms with Gasteiger partial charge in [0.25, 0.3) is 0 Å². The molecule has 0 aliphatic carbocycles. The van der Waals surface area contributed by atoms with Crippen LogP contribution in [0.15, 0.2) is 12.4 Å². The second kappa shape index (κ2) is 4.91. The van der Waals surface area contributed by atoms with Gasteiger partial charge in [0.2, 0.25) is 0 Å². The van der Waals surface area contributed by atoms with Crippen LogP contribution >= 0.6 is 12.6 Å². The number of hydrogen-bond acceptors (Lipinski definition) is 5. The third-order valence-electron chi connectivity index (χ3n) is 1.53. The summed E-state index contributed by atoms with van der Waals surface area (Å²) in [6.07, 6.45) is 1.55. The van der Waals surface area contributed by atoms with E-state index in [0.29, 0.717) is 0 Å². The maximum absolute atomic E-state index is 4.10. The van der Waals surface area contributed by atoms with Crippen LogP contribution in [0.2, 0.25) is 0 Å². The van der Waals surface area contributed by atoms with E-state index in [4.69, 9.17) is 0 Å². The summed E-state index contributed by atoms with van der Waals surface area (Å²) in [5.41, 5.74) is 0. The quantitative estimate of drug-likeness (QED) is 0.705. The average molecular weight is 198 g/mol. The van der Waals surface area contributed by atoms with Gasteiger partial charge >= 0.3 is 0 Å². The van der Waals surface area contributed by atoms with Gasteiger partial charge < -0.3 is 10.2 Å². The summed E-state index contributed by atoms with van der Waals surface area (Å²) in [4.78, 5) is 10.1. The Morgan fingerprint density at radius 1 is 1.46 bits per heavy atom. The summed E-state index contributed by atoms with van der Waals surface area (Å²) in [5.74, 6) is 2.53.